The second kappa shape index (κ2) is 6.64. The van der Waals surface area contributed by atoms with Crippen molar-refractivity contribution in [2.75, 3.05) is 13.1 Å². The van der Waals surface area contributed by atoms with Gasteiger partial charge in [-0.2, -0.15) is 0 Å². The number of piperidine rings is 1. The number of nitrogens with zero attached hydrogens (tertiary/aromatic N) is 2. The van der Waals surface area contributed by atoms with Crippen LogP contribution in [0.1, 0.15) is 33.6 Å². The van der Waals surface area contributed by atoms with Crippen LogP contribution in [0.4, 0.5) is 4.79 Å². The summed E-state index contributed by atoms with van der Waals surface area (Å²) in [6.07, 6.45) is 1.48. The number of ether oxygens (including phenoxy) is 2. The first-order chi connectivity index (χ1) is 9.83. The van der Waals surface area contributed by atoms with Crippen molar-refractivity contribution in [2.45, 2.75) is 45.3 Å². The van der Waals surface area contributed by atoms with E-state index in [1.807, 2.05) is 39.0 Å². The van der Waals surface area contributed by atoms with E-state index in [9.17, 15) is 4.79 Å². The molecule has 1 amide bonds. The van der Waals surface area contributed by atoms with Gasteiger partial charge in [0.05, 0.1) is 6.54 Å². The van der Waals surface area contributed by atoms with Crippen LogP contribution < -0.4 is 4.74 Å². The molecule has 0 spiro atoms. The van der Waals surface area contributed by atoms with Crippen molar-refractivity contribution >= 4 is 22.0 Å². The van der Waals surface area contributed by atoms with Gasteiger partial charge in [-0.3, -0.25) is 0 Å². The summed E-state index contributed by atoms with van der Waals surface area (Å²) in [4.78, 5) is 18.1. The quantitative estimate of drug-likeness (QED) is 0.759. The second-order valence-corrected chi connectivity index (χ2v) is 6.92. The number of hydrogen-bond donors (Lipinski definition) is 0. The third-order valence-corrected chi connectivity index (χ3v) is 3.45. The highest BCUT2D eigenvalue weighted by atomic mass is 79.9. The van der Waals surface area contributed by atoms with E-state index in [1.165, 1.54) is 0 Å². The first kappa shape index (κ1) is 16.1. The van der Waals surface area contributed by atoms with Gasteiger partial charge in [-0.1, -0.05) is 6.07 Å². The van der Waals surface area contributed by atoms with E-state index >= 15 is 0 Å². The van der Waals surface area contributed by atoms with E-state index in [1.54, 1.807) is 4.90 Å². The molecule has 0 N–H and O–H groups in total. The largest absolute Gasteiger partial charge is 0.472 e. The van der Waals surface area contributed by atoms with Crippen molar-refractivity contribution in [3.63, 3.8) is 0 Å². The fraction of sp³-hybridized carbons (Fsp3) is 0.600. The van der Waals surface area contributed by atoms with Crippen molar-refractivity contribution in [1.82, 2.24) is 9.88 Å². The highest BCUT2D eigenvalue weighted by Crippen LogP contribution is 2.20. The Morgan fingerprint density at radius 2 is 2.19 bits per heavy atom. The van der Waals surface area contributed by atoms with Crippen molar-refractivity contribution in [3.05, 3.63) is 22.8 Å². The fourth-order valence-corrected chi connectivity index (χ4v) is 2.48. The highest BCUT2D eigenvalue weighted by Gasteiger charge is 2.28. The molecule has 2 heterocycles. The monoisotopic (exact) mass is 356 g/mol. The van der Waals surface area contributed by atoms with Gasteiger partial charge in [-0.25, -0.2) is 9.78 Å². The van der Waals surface area contributed by atoms with Crippen LogP contribution in [0.5, 0.6) is 5.88 Å². The van der Waals surface area contributed by atoms with Crippen LogP contribution >= 0.6 is 15.9 Å². The fourth-order valence-electron chi connectivity index (χ4n) is 2.15. The molecule has 6 heteroatoms. The molecule has 2 rings (SSSR count). The van der Waals surface area contributed by atoms with E-state index in [2.05, 4.69) is 20.9 Å². The van der Waals surface area contributed by atoms with Crippen LogP contribution in [0.2, 0.25) is 0 Å². The number of hydrogen-bond acceptors (Lipinski definition) is 4. The molecule has 5 nitrogen and oxygen atoms in total. The molecule has 1 saturated heterocycles. The maximum Gasteiger partial charge on any atom is 0.410 e. The Bertz CT molecular complexity index is 502. The van der Waals surface area contributed by atoms with Crippen molar-refractivity contribution in [2.24, 2.45) is 0 Å². The van der Waals surface area contributed by atoms with E-state index in [0.29, 0.717) is 19.0 Å². The van der Waals surface area contributed by atoms with Gasteiger partial charge in [-0.05, 0) is 55.6 Å². The van der Waals surface area contributed by atoms with Gasteiger partial charge < -0.3 is 14.4 Å². The lowest BCUT2D eigenvalue weighted by atomic mass is 10.1. The third kappa shape index (κ3) is 5.19. The zero-order valence-corrected chi connectivity index (χ0v) is 14.2. The summed E-state index contributed by atoms with van der Waals surface area (Å²) in [6, 6.07) is 5.54. The van der Waals surface area contributed by atoms with Crippen molar-refractivity contribution in [1.29, 1.82) is 0 Å². The molecule has 1 aliphatic rings. The number of halogens is 1. The first-order valence-electron chi connectivity index (χ1n) is 7.10. The summed E-state index contributed by atoms with van der Waals surface area (Å²) in [7, 11) is 0. The van der Waals surface area contributed by atoms with Gasteiger partial charge in [0.15, 0.2) is 0 Å². The minimum atomic E-state index is -0.475. The molecule has 1 atom stereocenters. The smallest absolute Gasteiger partial charge is 0.410 e. The summed E-state index contributed by atoms with van der Waals surface area (Å²) < 4.78 is 12.0. The number of rotatable bonds is 2. The summed E-state index contributed by atoms with van der Waals surface area (Å²) >= 11 is 3.32. The Morgan fingerprint density at radius 3 is 2.86 bits per heavy atom. The van der Waals surface area contributed by atoms with Crippen LogP contribution in [-0.4, -0.2) is 40.8 Å². The molecular formula is C15H21BrN2O3. The normalized spacial score (nSPS) is 19.2. The average molecular weight is 357 g/mol. The Labute approximate surface area is 133 Å². The van der Waals surface area contributed by atoms with Crippen LogP contribution in [0.25, 0.3) is 0 Å². The molecule has 1 aliphatic heterocycles. The first-order valence-corrected chi connectivity index (χ1v) is 7.90. The van der Waals surface area contributed by atoms with Gasteiger partial charge in [0.2, 0.25) is 5.88 Å². The zero-order chi connectivity index (χ0) is 15.5. The zero-order valence-electron chi connectivity index (χ0n) is 12.6. The predicted molar refractivity (Wildman–Crippen MR) is 83.4 cm³/mol. The summed E-state index contributed by atoms with van der Waals surface area (Å²) in [5, 5.41) is 0. The summed E-state index contributed by atoms with van der Waals surface area (Å²) in [5.74, 6) is 0.570. The Morgan fingerprint density at radius 1 is 1.43 bits per heavy atom. The predicted octanol–water partition coefficient (Wildman–Crippen LogP) is 3.62. The van der Waals surface area contributed by atoms with Gasteiger partial charge >= 0.3 is 6.09 Å². The second-order valence-electron chi connectivity index (χ2n) is 6.11. The molecule has 1 unspecified atom stereocenters. The van der Waals surface area contributed by atoms with Gasteiger partial charge in [0.25, 0.3) is 0 Å². The molecule has 0 aromatic carbocycles. The van der Waals surface area contributed by atoms with E-state index in [0.717, 1.165) is 17.4 Å². The van der Waals surface area contributed by atoms with Gasteiger partial charge in [0, 0.05) is 12.6 Å². The van der Waals surface area contributed by atoms with Crippen LogP contribution in [0, 0.1) is 0 Å². The molecule has 0 aliphatic carbocycles. The maximum atomic E-state index is 12.1. The Kier molecular flexibility index (Phi) is 5.08. The minimum absolute atomic E-state index is 0.0481. The molecule has 0 radical (unpaired) electrons. The van der Waals surface area contributed by atoms with E-state index in [4.69, 9.17) is 9.47 Å². The van der Waals surface area contributed by atoms with Crippen LogP contribution in [-0.2, 0) is 4.74 Å². The minimum Gasteiger partial charge on any atom is -0.472 e. The van der Waals surface area contributed by atoms with Crippen LogP contribution in [0.15, 0.2) is 22.8 Å². The standard InChI is InChI=1S/C15H21BrN2O3/c1-15(2,3)21-14(19)18-9-5-6-11(10-18)20-13-8-4-7-12(16)17-13/h4,7-8,11H,5-6,9-10H2,1-3H3. The third-order valence-electron chi connectivity index (χ3n) is 3.01. The maximum absolute atomic E-state index is 12.1. The van der Waals surface area contributed by atoms with Crippen molar-refractivity contribution in [3.8, 4) is 5.88 Å². The van der Waals surface area contributed by atoms with E-state index < -0.39 is 5.60 Å². The molecule has 1 aromatic rings. The number of pyridine rings is 1. The lowest BCUT2D eigenvalue weighted by Gasteiger charge is -2.33. The summed E-state index contributed by atoms with van der Waals surface area (Å²) in [5.41, 5.74) is -0.475. The molecule has 1 fully saturated rings. The van der Waals surface area contributed by atoms with Crippen molar-refractivity contribution < 1.29 is 14.3 Å². The summed E-state index contributed by atoms with van der Waals surface area (Å²) in [6.45, 7) is 6.85. The number of aromatic nitrogens is 1. The Hall–Kier alpha value is -1.30. The number of amides is 1. The molecule has 21 heavy (non-hydrogen) atoms. The van der Waals surface area contributed by atoms with Gasteiger partial charge in [0.1, 0.15) is 16.3 Å². The highest BCUT2D eigenvalue weighted by molar-refractivity contribution is 9.10. The topological polar surface area (TPSA) is 51.7 Å². The number of likely N-dealkylation sites (tertiary alicyclic amines) is 1. The van der Waals surface area contributed by atoms with Gasteiger partial charge in [-0.15, -0.1) is 0 Å². The molecule has 1 aromatic heterocycles. The lowest BCUT2D eigenvalue weighted by molar-refractivity contribution is 0.00720. The molecule has 0 bridgehead atoms. The molecule has 116 valence electrons. The Balaban J connectivity index is 1.93. The van der Waals surface area contributed by atoms with E-state index in [-0.39, 0.29) is 12.2 Å². The van der Waals surface area contributed by atoms with Crippen LogP contribution in [0.3, 0.4) is 0 Å². The average Bonchev–Trinajstić information content (AvgIpc) is 2.37. The number of carbonyl (C=O) groups excluding carboxylic acids is 1. The molecular weight excluding hydrogens is 336 g/mol. The SMILES string of the molecule is CC(C)(C)OC(=O)N1CCCC(Oc2cccc(Br)n2)C1. The lowest BCUT2D eigenvalue weighted by Crippen LogP contribution is -2.46. The molecule has 0 saturated carbocycles. The number of carbonyl (C=O) groups is 1.